The fraction of sp³-hybridized carbons (Fsp3) is 0.250. The molecular formula is C16H15N3O. The summed E-state index contributed by atoms with van der Waals surface area (Å²) in [5, 5.41) is 4.41. The highest BCUT2D eigenvalue weighted by atomic mass is 16.3. The maximum absolute atomic E-state index is 5.81. The summed E-state index contributed by atoms with van der Waals surface area (Å²) in [5.41, 5.74) is 1.93. The van der Waals surface area contributed by atoms with Gasteiger partial charge in [0.1, 0.15) is 17.8 Å². The lowest BCUT2D eigenvalue weighted by molar-refractivity contribution is 0.500. The minimum atomic E-state index is 0.603. The standard InChI is InChI=1S/C16H15N3O/c1-11-8-13(11)16-7-6-12(20-16)9-18-19-10-17-14-4-2-3-5-15(14)19/h2-7,9-11,13H,8H2,1H3/b18-9-/t11-,13+/m1/s1. The van der Waals surface area contributed by atoms with Gasteiger partial charge in [-0.15, -0.1) is 0 Å². The molecule has 2 atom stereocenters. The molecule has 20 heavy (non-hydrogen) atoms. The van der Waals surface area contributed by atoms with E-state index in [0.29, 0.717) is 5.92 Å². The van der Waals surface area contributed by atoms with Crippen LogP contribution in [0.4, 0.5) is 0 Å². The topological polar surface area (TPSA) is 43.3 Å². The fourth-order valence-corrected chi connectivity index (χ4v) is 2.51. The lowest BCUT2D eigenvalue weighted by Gasteiger charge is -1.94. The van der Waals surface area contributed by atoms with Gasteiger partial charge in [-0.25, -0.2) is 9.66 Å². The van der Waals surface area contributed by atoms with Gasteiger partial charge >= 0.3 is 0 Å². The van der Waals surface area contributed by atoms with Crippen molar-refractivity contribution < 1.29 is 4.42 Å². The molecule has 0 radical (unpaired) electrons. The average molecular weight is 265 g/mol. The molecule has 100 valence electrons. The van der Waals surface area contributed by atoms with Crippen molar-refractivity contribution in [2.24, 2.45) is 11.0 Å². The second-order valence-electron chi connectivity index (χ2n) is 5.38. The predicted molar refractivity (Wildman–Crippen MR) is 78.0 cm³/mol. The van der Waals surface area contributed by atoms with Crippen LogP contribution >= 0.6 is 0 Å². The summed E-state index contributed by atoms with van der Waals surface area (Å²) in [6.45, 7) is 2.25. The normalized spacial score (nSPS) is 21.9. The molecule has 0 bridgehead atoms. The van der Waals surface area contributed by atoms with Crippen LogP contribution in [0.1, 0.15) is 30.8 Å². The zero-order chi connectivity index (χ0) is 13.5. The number of hydrogen-bond donors (Lipinski definition) is 0. The van der Waals surface area contributed by atoms with Crippen molar-refractivity contribution in [1.82, 2.24) is 9.66 Å². The van der Waals surface area contributed by atoms with Gasteiger partial charge in [0.2, 0.25) is 0 Å². The monoisotopic (exact) mass is 265 g/mol. The fourth-order valence-electron chi connectivity index (χ4n) is 2.51. The number of furan rings is 1. The van der Waals surface area contributed by atoms with Crippen molar-refractivity contribution >= 4 is 17.2 Å². The largest absolute Gasteiger partial charge is 0.460 e. The highest BCUT2D eigenvalue weighted by molar-refractivity contribution is 5.78. The van der Waals surface area contributed by atoms with E-state index in [9.17, 15) is 0 Å². The molecular weight excluding hydrogens is 250 g/mol. The van der Waals surface area contributed by atoms with Crippen molar-refractivity contribution in [3.05, 3.63) is 54.2 Å². The molecule has 0 unspecified atom stereocenters. The molecule has 1 aliphatic carbocycles. The van der Waals surface area contributed by atoms with Crippen LogP contribution < -0.4 is 0 Å². The Labute approximate surface area is 116 Å². The molecule has 0 spiro atoms. The second kappa shape index (κ2) is 4.34. The molecule has 2 heterocycles. The van der Waals surface area contributed by atoms with Crippen molar-refractivity contribution in [1.29, 1.82) is 0 Å². The van der Waals surface area contributed by atoms with Gasteiger partial charge in [-0.1, -0.05) is 19.1 Å². The van der Waals surface area contributed by atoms with E-state index in [1.165, 1.54) is 6.42 Å². The minimum absolute atomic E-state index is 0.603. The van der Waals surface area contributed by atoms with Gasteiger partial charge < -0.3 is 4.42 Å². The lowest BCUT2D eigenvalue weighted by atomic mass is 10.3. The number of nitrogens with zero attached hydrogens (tertiary/aromatic N) is 3. The Balaban J connectivity index is 1.60. The van der Waals surface area contributed by atoms with E-state index in [2.05, 4.69) is 23.1 Å². The van der Waals surface area contributed by atoms with Gasteiger partial charge in [0, 0.05) is 5.92 Å². The summed E-state index contributed by atoms with van der Waals surface area (Å²) >= 11 is 0. The molecule has 3 aromatic rings. The molecule has 1 aliphatic rings. The van der Waals surface area contributed by atoms with E-state index in [1.54, 1.807) is 17.2 Å². The van der Waals surface area contributed by atoms with Gasteiger partial charge in [-0.2, -0.15) is 5.10 Å². The van der Waals surface area contributed by atoms with E-state index in [1.807, 2.05) is 30.3 Å². The van der Waals surface area contributed by atoms with Gasteiger partial charge in [-0.05, 0) is 36.6 Å². The minimum Gasteiger partial charge on any atom is -0.460 e. The second-order valence-corrected chi connectivity index (χ2v) is 5.38. The van der Waals surface area contributed by atoms with E-state index < -0.39 is 0 Å². The van der Waals surface area contributed by atoms with Crippen LogP contribution in [0.5, 0.6) is 0 Å². The number of benzene rings is 1. The van der Waals surface area contributed by atoms with Crippen LogP contribution in [0.2, 0.25) is 0 Å². The van der Waals surface area contributed by atoms with Crippen LogP contribution in [-0.4, -0.2) is 15.9 Å². The van der Waals surface area contributed by atoms with Gasteiger partial charge in [0.05, 0.1) is 17.2 Å². The Morgan fingerprint density at radius 1 is 1.30 bits per heavy atom. The Kier molecular flexibility index (Phi) is 2.49. The maximum atomic E-state index is 5.81. The SMILES string of the molecule is C[C@@H]1C[C@@H]1c1ccc(/C=N\n2cnc3ccccc32)o1. The smallest absolute Gasteiger partial charge is 0.147 e. The lowest BCUT2D eigenvalue weighted by Crippen LogP contribution is -1.87. The van der Waals surface area contributed by atoms with Gasteiger partial charge in [0.25, 0.3) is 0 Å². The number of aromatic nitrogens is 2. The predicted octanol–water partition coefficient (Wildman–Crippen LogP) is 3.63. The number of fused-ring (bicyclic) bond motifs is 1. The molecule has 4 heteroatoms. The van der Waals surface area contributed by atoms with Crippen molar-refractivity contribution in [2.45, 2.75) is 19.3 Å². The molecule has 1 saturated carbocycles. The van der Waals surface area contributed by atoms with Gasteiger partial charge in [0.15, 0.2) is 0 Å². The summed E-state index contributed by atoms with van der Waals surface area (Å²) in [6, 6.07) is 12.0. The number of rotatable bonds is 3. The molecule has 1 aromatic carbocycles. The molecule has 0 N–H and O–H groups in total. The van der Waals surface area contributed by atoms with Crippen molar-refractivity contribution in [3.63, 3.8) is 0 Å². The first kappa shape index (κ1) is 11.5. The summed E-state index contributed by atoms with van der Waals surface area (Å²) in [5.74, 6) is 3.22. The molecule has 0 saturated heterocycles. The average Bonchev–Trinajstić information content (AvgIpc) is 2.92. The third-order valence-corrected chi connectivity index (χ3v) is 3.87. The maximum Gasteiger partial charge on any atom is 0.147 e. The first-order valence-corrected chi connectivity index (χ1v) is 6.87. The summed E-state index contributed by atoms with van der Waals surface area (Å²) in [7, 11) is 0. The van der Waals surface area contributed by atoms with E-state index in [0.717, 1.165) is 28.5 Å². The highest BCUT2D eigenvalue weighted by Crippen LogP contribution is 2.47. The van der Waals surface area contributed by atoms with Crippen LogP contribution in [0.15, 0.2) is 52.2 Å². The van der Waals surface area contributed by atoms with Crippen LogP contribution in [0, 0.1) is 5.92 Å². The molecule has 0 amide bonds. The highest BCUT2D eigenvalue weighted by Gasteiger charge is 2.36. The first-order valence-electron chi connectivity index (χ1n) is 6.87. The zero-order valence-corrected chi connectivity index (χ0v) is 11.2. The first-order chi connectivity index (χ1) is 9.81. The van der Waals surface area contributed by atoms with E-state index in [4.69, 9.17) is 4.42 Å². The third-order valence-electron chi connectivity index (χ3n) is 3.87. The van der Waals surface area contributed by atoms with Crippen LogP contribution in [0.3, 0.4) is 0 Å². The Hall–Kier alpha value is -2.36. The van der Waals surface area contributed by atoms with Crippen LogP contribution in [0.25, 0.3) is 11.0 Å². The molecule has 2 aromatic heterocycles. The zero-order valence-electron chi connectivity index (χ0n) is 11.2. The van der Waals surface area contributed by atoms with Crippen molar-refractivity contribution in [2.75, 3.05) is 0 Å². The Bertz CT molecular complexity index is 784. The Morgan fingerprint density at radius 3 is 3.00 bits per heavy atom. The number of hydrogen-bond acceptors (Lipinski definition) is 3. The molecule has 4 rings (SSSR count). The van der Waals surface area contributed by atoms with E-state index >= 15 is 0 Å². The quantitative estimate of drug-likeness (QED) is 0.679. The number of imidazole rings is 1. The molecule has 4 nitrogen and oxygen atoms in total. The summed E-state index contributed by atoms with van der Waals surface area (Å²) in [6.07, 6.45) is 4.69. The summed E-state index contributed by atoms with van der Waals surface area (Å²) < 4.78 is 7.57. The third kappa shape index (κ3) is 1.93. The van der Waals surface area contributed by atoms with E-state index in [-0.39, 0.29) is 0 Å². The van der Waals surface area contributed by atoms with Gasteiger partial charge in [-0.3, -0.25) is 0 Å². The number of para-hydroxylation sites is 2. The van der Waals surface area contributed by atoms with Crippen LogP contribution in [-0.2, 0) is 0 Å². The van der Waals surface area contributed by atoms with Crippen molar-refractivity contribution in [3.8, 4) is 0 Å². The summed E-state index contributed by atoms with van der Waals surface area (Å²) in [4.78, 5) is 4.30. The Morgan fingerprint density at radius 2 is 2.15 bits per heavy atom. The molecule has 0 aliphatic heterocycles. The molecule has 1 fully saturated rings.